The molecule has 0 bridgehead atoms. The van der Waals surface area contributed by atoms with Gasteiger partial charge in [-0.2, -0.15) is 0 Å². The summed E-state index contributed by atoms with van der Waals surface area (Å²) in [6, 6.07) is 0. The van der Waals surface area contributed by atoms with E-state index in [1.807, 2.05) is 0 Å². The third kappa shape index (κ3) is 2.82. The van der Waals surface area contributed by atoms with E-state index >= 15 is 0 Å². The quantitative estimate of drug-likeness (QED) is 0.319. The summed E-state index contributed by atoms with van der Waals surface area (Å²) in [5, 5.41) is 10.0. The summed E-state index contributed by atoms with van der Waals surface area (Å²) in [5.74, 6) is 4.66. The topological polar surface area (TPSA) is 37.3 Å². The van der Waals surface area contributed by atoms with Crippen LogP contribution in [0.5, 0.6) is 0 Å². The predicted octanol–water partition coefficient (Wildman–Crippen LogP) is 8.36. The number of rotatable bonds is 1. The summed E-state index contributed by atoms with van der Waals surface area (Å²) in [7, 11) is 0. The minimum atomic E-state index is -0.375. The van der Waals surface area contributed by atoms with E-state index in [9.17, 15) is 9.90 Å². The maximum atomic E-state index is 13.2. The Hall–Kier alpha value is -0.790. The Labute approximate surface area is 203 Å². The van der Waals surface area contributed by atoms with Gasteiger partial charge >= 0.3 is 0 Å². The van der Waals surface area contributed by atoms with Crippen LogP contribution in [0.2, 0.25) is 0 Å². The van der Waals surface area contributed by atoms with Crippen molar-refractivity contribution < 1.29 is 9.90 Å². The zero-order valence-electron chi connectivity index (χ0n) is 22.8. The van der Waals surface area contributed by atoms with Crippen molar-refractivity contribution in [3.05, 3.63) is 11.8 Å². The van der Waals surface area contributed by atoms with Gasteiger partial charge in [0.25, 0.3) is 0 Å². The Balaban J connectivity index is 1.57. The Morgan fingerprint density at radius 3 is 2.18 bits per heavy atom. The number of aliphatic hydroxyl groups excluding tert-OH is 1. The molecule has 0 aromatic carbocycles. The van der Waals surface area contributed by atoms with Crippen LogP contribution in [0.3, 0.4) is 0 Å². The Bertz CT molecular complexity index is 868. The molecule has 5 aliphatic rings. The molecule has 5 rings (SSSR count). The fourth-order valence-corrected chi connectivity index (χ4v) is 11.7. The first-order chi connectivity index (χ1) is 15.3. The SMILES string of the molecule is CC(C)[C@@H]1CC[C@]2(C)CC[C@]3(C)[C@H](CC[C@@H]4[C@@]5(C)C/C(=C/O)C(=O)C(C)(C)[C@@H]5CC[C@]43C)[C@@H]12. The lowest BCUT2D eigenvalue weighted by Gasteiger charge is -2.72. The minimum Gasteiger partial charge on any atom is -0.515 e. The number of aliphatic hydroxyl groups is 1. The standard InChI is InChI=1S/C31H50O2/c1-19(2)21-11-13-28(5)15-16-30(7)22(25(21)28)9-10-24-29(6)17-20(18-32)26(33)27(3,4)23(29)12-14-31(24,30)8/h18-19,21-25,32H,9-17H2,1-8H3/b20-18-/t21-,22+,23-,24+,25+,28+,29-,30+,31+/m0/s1. The molecule has 5 saturated carbocycles. The second kappa shape index (κ2) is 7.13. The van der Waals surface area contributed by atoms with Crippen LogP contribution >= 0.6 is 0 Å². The maximum absolute atomic E-state index is 13.2. The molecule has 0 spiro atoms. The monoisotopic (exact) mass is 454 g/mol. The molecule has 0 aromatic rings. The van der Waals surface area contributed by atoms with Crippen molar-refractivity contribution in [1.29, 1.82) is 0 Å². The highest BCUT2D eigenvalue weighted by Crippen LogP contribution is 2.77. The predicted molar refractivity (Wildman–Crippen MR) is 136 cm³/mol. The molecule has 2 nitrogen and oxygen atoms in total. The molecule has 5 fully saturated rings. The van der Waals surface area contributed by atoms with Crippen LogP contribution in [0.4, 0.5) is 0 Å². The lowest BCUT2D eigenvalue weighted by atomic mass is 9.32. The van der Waals surface area contributed by atoms with Crippen LogP contribution in [0.15, 0.2) is 11.8 Å². The van der Waals surface area contributed by atoms with Crippen molar-refractivity contribution in [2.75, 3.05) is 0 Å². The van der Waals surface area contributed by atoms with Crippen LogP contribution in [0.25, 0.3) is 0 Å². The fourth-order valence-electron chi connectivity index (χ4n) is 11.7. The van der Waals surface area contributed by atoms with Gasteiger partial charge in [-0.3, -0.25) is 4.79 Å². The number of fused-ring (bicyclic) bond motifs is 7. The normalized spacial score (nSPS) is 54.5. The van der Waals surface area contributed by atoms with E-state index in [1.54, 1.807) is 0 Å². The summed E-state index contributed by atoms with van der Waals surface area (Å²) in [5.41, 5.74) is 1.67. The Morgan fingerprint density at radius 2 is 1.55 bits per heavy atom. The van der Waals surface area contributed by atoms with E-state index < -0.39 is 0 Å². The molecule has 9 atom stereocenters. The first-order valence-electron chi connectivity index (χ1n) is 14.1. The molecule has 33 heavy (non-hydrogen) atoms. The molecule has 0 amide bonds. The third-order valence-corrected chi connectivity index (χ3v) is 13.5. The van der Waals surface area contributed by atoms with Gasteiger partial charge in [-0.1, -0.05) is 55.4 Å². The maximum Gasteiger partial charge on any atom is 0.167 e. The molecule has 186 valence electrons. The Morgan fingerprint density at radius 1 is 0.848 bits per heavy atom. The number of Topliss-reactive ketones (excluding diaryl/α,β-unsaturated/α-hetero) is 1. The van der Waals surface area contributed by atoms with Gasteiger partial charge in [-0.05, 0) is 115 Å². The minimum absolute atomic E-state index is 0.0980. The van der Waals surface area contributed by atoms with E-state index in [0.717, 1.165) is 36.4 Å². The molecule has 0 aliphatic heterocycles. The second-order valence-corrected chi connectivity index (χ2v) is 15.2. The van der Waals surface area contributed by atoms with E-state index in [-0.39, 0.29) is 16.6 Å². The van der Waals surface area contributed by atoms with Crippen LogP contribution in [0, 0.1) is 62.6 Å². The van der Waals surface area contributed by atoms with Crippen LogP contribution in [-0.2, 0) is 4.79 Å². The number of ketones is 1. The highest BCUT2D eigenvalue weighted by Gasteiger charge is 2.70. The van der Waals surface area contributed by atoms with E-state index in [0.29, 0.717) is 33.7 Å². The van der Waals surface area contributed by atoms with Crippen molar-refractivity contribution in [2.45, 2.75) is 113 Å². The first-order valence-corrected chi connectivity index (χ1v) is 14.1. The molecular formula is C31H50O2. The number of carbonyl (C=O) groups excluding carboxylic acids is 1. The summed E-state index contributed by atoms with van der Waals surface area (Å²) in [6.45, 7) is 19.8. The van der Waals surface area contributed by atoms with Crippen LogP contribution < -0.4 is 0 Å². The number of hydrogen-bond donors (Lipinski definition) is 1. The molecule has 5 aliphatic carbocycles. The van der Waals surface area contributed by atoms with Gasteiger partial charge < -0.3 is 5.11 Å². The molecule has 1 N–H and O–H groups in total. The highest BCUT2D eigenvalue weighted by atomic mass is 16.2. The van der Waals surface area contributed by atoms with Gasteiger partial charge in [0.1, 0.15) is 0 Å². The van der Waals surface area contributed by atoms with E-state index in [4.69, 9.17) is 0 Å². The molecule has 0 unspecified atom stereocenters. The van der Waals surface area contributed by atoms with Crippen molar-refractivity contribution in [3.63, 3.8) is 0 Å². The average Bonchev–Trinajstić information content (AvgIpc) is 3.09. The summed E-state index contributed by atoms with van der Waals surface area (Å²) >= 11 is 0. The second-order valence-electron chi connectivity index (χ2n) is 15.2. The van der Waals surface area contributed by atoms with Crippen molar-refractivity contribution in [2.24, 2.45) is 62.6 Å². The van der Waals surface area contributed by atoms with E-state index in [1.165, 1.54) is 51.4 Å². The zero-order valence-corrected chi connectivity index (χ0v) is 22.8. The zero-order chi connectivity index (χ0) is 24.2. The number of allylic oxidation sites excluding steroid dienone is 1. The summed E-state index contributed by atoms with van der Waals surface area (Å²) in [4.78, 5) is 13.2. The van der Waals surface area contributed by atoms with Gasteiger partial charge in [0.05, 0.1) is 6.26 Å². The molecule has 0 aromatic heterocycles. The lowest BCUT2D eigenvalue weighted by molar-refractivity contribution is -0.230. The lowest BCUT2D eigenvalue weighted by Crippen LogP contribution is -2.66. The van der Waals surface area contributed by atoms with Crippen LogP contribution in [0.1, 0.15) is 113 Å². The van der Waals surface area contributed by atoms with Gasteiger partial charge in [0.2, 0.25) is 0 Å². The van der Waals surface area contributed by atoms with Crippen molar-refractivity contribution >= 4 is 5.78 Å². The van der Waals surface area contributed by atoms with Gasteiger partial charge in [-0.15, -0.1) is 0 Å². The molecule has 0 saturated heterocycles. The largest absolute Gasteiger partial charge is 0.515 e. The van der Waals surface area contributed by atoms with Crippen molar-refractivity contribution in [3.8, 4) is 0 Å². The first kappa shape index (κ1) is 23.9. The number of carbonyl (C=O) groups is 1. The van der Waals surface area contributed by atoms with Crippen LogP contribution in [-0.4, -0.2) is 10.9 Å². The molecule has 0 radical (unpaired) electrons. The third-order valence-electron chi connectivity index (χ3n) is 13.5. The average molecular weight is 455 g/mol. The number of hydrogen-bond acceptors (Lipinski definition) is 2. The fraction of sp³-hybridized carbons (Fsp3) is 0.903. The molecule has 2 heteroatoms. The highest BCUT2D eigenvalue weighted by molar-refractivity contribution is 6.00. The van der Waals surface area contributed by atoms with Gasteiger partial charge in [0, 0.05) is 11.0 Å². The Kier molecular flexibility index (Phi) is 5.17. The smallest absolute Gasteiger partial charge is 0.167 e. The molecule has 0 heterocycles. The molecular weight excluding hydrogens is 404 g/mol. The van der Waals surface area contributed by atoms with Gasteiger partial charge in [0.15, 0.2) is 5.78 Å². The summed E-state index contributed by atoms with van der Waals surface area (Å²) < 4.78 is 0. The summed E-state index contributed by atoms with van der Waals surface area (Å²) in [6.07, 6.45) is 12.7. The van der Waals surface area contributed by atoms with Gasteiger partial charge in [-0.25, -0.2) is 0 Å². The van der Waals surface area contributed by atoms with Crippen molar-refractivity contribution in [1.82, 2.24) is 0 Å². The van der Waals surface area contributed by atoms with E-state index in [2.05, 4.69) is 55.4 Å².